The Morgan fingerprint density at radius 1 is 1.00 bits per heavy atom. The molecule has 0 saturated carbocycles. The number of nitrogens with zero attached hydrogens (tertiary/aromatic N) is 1. The molecular weight excluding hydrogens is 236 g/mol. The summed E-state index contributed by atoms with van der Waals surface area (Å²) in [5.74, 6) is 2.21. The Labute approximate surface area is 114 Å². The van der Waals surface area contributed by atoms with Crippen LogP contribution in [-0.4, -0.2) is 10.5 Å². The van der Waals surface area contributed by atoms with Crippen LogP contribution in [0.15, 0.2) is 42.5 Å². The molecule has 0 spiro atoms. The fourth-order valence-corrected chi connectivity index (χ4v) is 1.65. The highest BCUT2D eigenvalue weighted by atomic mass is 16.5. The molecule has 3 nitrogen and oxygen atoms in total. The van der Waals surface area contributed by atoms with Gasteiger partial charge in [0.25, 0.3) is 0 Å². The molecule has 2 rings (SSSR count). The molecule has 0 unspecified atom stereocenters. The zero-order valence-electron chi connectivity index (χ0n) is 11.9. The van der Waals surface area contributed by atoms with Crippen LogP contribution in [0.4, 0.5) is 5.82 Å². The van der Waals surface area contributed by atoms with Crippen molar-refractivity contribution < 1.29 is 4.74 Å². The van der Waals surface area contributed by atoms with E-state index in [9.17, 15) is 0 Å². The van der Waals surface area contributed by atoms with Gasteiger partial charge in [0.1, 0.15) is 11.6 Å². The van der Waals surface area contributed by atoms with Crippen LogP contribution < -0.4 is 10.1 Å². The highest BCUT2D eigenvalue weighted by molar-refractivity contribution is 5.40. The van der Waals surface area contributed by atoms with Gasteiger partial charge in [-0.2, -0.15) is 4.98 Å². The lowest BCUT2D eigenvalue weighted by Crippen LogP contribution is -2.26. The molecule has 3 heteroatoms. The van der Waals surface area contributed by atoms with E-state index >= 15 is 0 Å². The van der Waals surface area contributed by atoms with Crippen LogP contribution in [0.2, 0.25) is 0 Å². The second kappa shape index (κ2) is 5.31. The summed E-state index contributed by atoms with van der Waals surface area (Å²) in [4.78, 5) is 4.44. The topological polar surface area (TPSA) is 34.1 Å². The molecule has 2 aromatic rings. The maximum atomic E-state index is 5.74. The third kappa shape index (κ3) is 4.28. The van der Waals surface area contributed by atoms with Crippen LogP contribution in [0.25, 0.3) is 0 Å². The normalized spacial score (nSPS) is 11.2. The summed E-state index contributed by atoms with van der Waals surface area (Å²) >= 11 is 0. The number of nitrogens with one attached hydrogen (secondary N) is 1. The number of rotatable bonds is 3. The summed E-state index contributed by atoms with van der Waals surface area (Å²) in [5.41, 5.74) is 1.19. The molecule has 1 N–H and O–H groups in total. The van der Waals surface area contributed by atoms with Crippen molar-refractivity contribution in [1.82, 2.24) is 4.98 Å². The zero-order valence-corrected chi connectivity index (χ0v) is 11.9. The van der Waals surface area contributed by atoms with Crippen molar-refractivity contribution in [3.8, 4) is 11.6 Å². The monoisotopic (exact) mass is 256 g/mol. The van der Waals surface area contributed by atoms with Crippen LogP contribution in [0.3, 0.4) is 0 Å². The molecule has 0 bridgehead atoms. The van der Waals surface area contributed by atoms with Gasteiger partial charge in [-0.3, -0.25) is 0 Å². The Bertz CT molecular complexity index is 541. The van der Waals surface area contributed by atoms with E-state index in [-0.39, 0.29) is 5.54 Å². The Hall–Kier alpha value is -2.03. The largest absolute Gasteiger partial charge is 0.439 e. The van der Waals surface area contributed by atoms with Crippen molar-refractivity contribution in [3.63, 3.8) is 0 Å². The van der Waals surface area contributed by atoms with Crippen molar-refractivity contribution in [2.45, 2.75) is 33.2 Å². The summed E-state index contributed by atoms with van der Waals surface area (Å²) in [6, 6.07) is 13.7. The fourth-order valence-electron chi connectivity index (χ4n) is 1.65. The predicted octanol–water partition coefficient (Wildman–Crippen LogP) is 4.39. The molecule has 100 valence electrons. The van der Waals surface area contributed by atoms with Crippen molar-refractivity contribution in [2.75, 3.05) is 5.32 Å². The summed E-state index contributed by atoms with van der Waals surface area (Å²) in [5, 5.41) is 3.33. The third-order valence-corrected chi connectivity index (χ3v) is 2.47. The molecule has 0 fully saturated rings. The number of pyridine rings is 1. The van der Waals surface area contributed by atoms with Crippen LogP contribution in [0, 0.1) is 6.92 Å². The van der Waals surface area contributed by atoms with Crippen LogP contribution in [0.5, 0.6) is 11.6 Å². The Morgan fingerprint density at radius 2 is 1.68 bits per heavy atom. The minimum atomic E-state index is -0.0184. The quantitative estimate of drug-likeness (QED) is 0.884. The molecule has 0 amide bonds. The predicted molar refractivity (Wildman–Crippen MR) is 78.9 cm³/mol. The van der Waals surface area contributed by atoms with Gasteiger partial charge in [-0.05, 0) is 45.9 Å². The number of hydrogen-bond acceptors (Lipinski definition) is 3. The number of anilines is 1. The fraction of sp³-hybridized carbons (Fsp3) is 0.312. The number of benzene rings is 1. The lowest BCUT2D eigenvalue weighted by atomic mass is 10.1. The zero-order chi connectivity index (χ0) is 13.9. The summed E-state index contributed by atoms with van der Waals surface area (Å²) in [7, 11) is 0. The molecule has 0 atom stereocenters. The van der Waals surface area contributed by atoms with Gasteiger partial charge >= 0.3 is 0 Å². The smallest absolute Gasteiger partial charge is 0.221 e. The number of ether oxygens (including phenoxy) is 1. The van der Waals surface area contributed by atoms with E-state index in [0.717, 1.165) is 11.6 Å². The van der Waals surface area contributed by atoms with Gasteiger partial charge in [-0.1, -0.05) is 23.8 Å². The minimum Gasteiger partial charge on any atom is -0.439 e. The Balaban J connectivity index is 2.13. The van der Waals surface area contributed by atoms with E-state index in [0.29, 0.717) is 5.88 Å². The molecular formula is C16H20N2O. The lowest BCUT2D eigenvalue weighted by molar-refractivity contribution is 0.463. The number of hydrogen-bond donors (Lipinski definition) is 1. The van der Waals surface area contributed by atoms with E-state index < -0.39 is 0 Å². The molecule has 0 saturated heterocycles. The van der Waals surface area contributed by atoms with E-state index in [1.54, 1.807) is 0 Å². The van der Waals surface area contributed by atoms with E-state index in [4.69, 9.17) is 4.74 Å². The van der Waals surface area contributed by atoms with Gasteiger partial charge in [0.2, 0.25) is 5.88 Å². The molecule has 0 aliphatic heterocycles. The second-order valence-corrected chi connectivity index (χ2v) is 5.65. The average molecular weight is 256 g/mol. The first-order valence-electron chi connectivity index (χ1n) is 6.42. The molecule has 1 heterocycles. The van der Waals surface area contributed by atoms with Crippen LogP contribution >= 0.6 is 0 Å². The first-order valence-corrected chi connectivity index (χ1v) is 6.42. The maximum Gasteiger partial charge on any atom is 0.221 e. The minimum absolute atomic E-state index is 0.0184. The van der Waals surface area contributed by atoms with Gasteiger partial charge in [-0.15, -0.1) is 0 Å². The molecule has 1 aromatic carbocycles. The van der Waals surface area contributed by atoms with Crippen molar-refractivity contribution in [3.05, 3.63) is 48.0 Å². The molecule has 0 aliphatic carbocycles. The number of aromatic nitrogens is 1. The lowest BCUT2D eigenvalue weighted by Gasteiger charge is -2.21. The highest BCUT2D eigenvalue weighted by Crippen LogP contribution is 2.22. The van der Waals surface area contributed by atoms with Gasteiger partial charge in [0, 0.05) is 11.6 Å². The van der Waals surface area contributed by atoms with E-state index in [1.165, 1.54) is 5.56 Å². The summed E-state index contributed by atoms with van der Waals surface area (Å²) < 4.78 is 5.74. The highest BCUT2D eigenvalue weighted by Gasteiger charge is 2.10. The first-order chi connectivity index (χ1) is 8.92. The van der Waals surface area contributed by atoms with Crippen molar-refractivity contribution in [2.24, 2.45) is 0 Å². The standard InChI is InChI=1S/C16H20N2O/c1-12-8-10-13(11-9-12)19-15-7-5-6-14(17-15)18-16(2,3)4/h5-11H,1-4H3,(H,17,18). The van der Waals surface area contributed by atoms with Gasteiger partial charge < -0.3 is 10.1 Å². The SMILES string of the molecule is Cc1ccc(Oc2cccc(NC(C)(C)C)n2)cc1. The Morgan fingerprint density at radius 3 is 2.32 bits per heavy atom. The van der Waals surface area contributed by atoms with Crippen LogP contribution in [0.1, 0.15) is 26.3 Å². The first kappa shape index (κ1) is 13.4. The van der Waals surface area contributed by atoms with Crippen molar-refractivity contribution in [1.29, 1.82) is 0 Å². The molecule has 1 aromatic heterocycles. The summed E-state index contributed by atoms with van der Waals surface area (Å²) in [6.45, 7) is 8.35. The number of aryl methyl sites for hydroxylation is 1. The van der Waals surface area contributed by atoms with E-state index in [2.05, 4.69) is 38.0 Å². The summed E-state index contributed by atoms with van der Waals surface area (Å²) in [6.07, 6.45) is 0. The molecule has 0 aliphatic rings. The van der Waals surface area contributed by atoms with E-state index in [1.807, 2.05) is 42.5 Å². The van der Waals surface area contributed by atoms with Crippen LogP contribution in [-0.2, 0) is 0 Å². The maximum absolute atomic E-state index is 5.74. The Kier molecular flexibility index (Phi) is 3.74. The van der Waals surface area contributed by atoms with Gasteiger partial charge in [-0.25, -0.2) is 0 Å². The average Bonchev–Trinajstić information content (AvgIpc) is 2.30. The van der Waals surface area contributed by atoms with Gasteiger partial charge in [0.05, 0.1) is 0 Å². The second-order valence-electron chi connectivity index (χ2n) is 5.65. The molecule has 19 heavy (non-hydrogen) atoms. The third-order valence-electron chi connectivity index (χ3n) is 2.47. The molecule has 0 radical (unpaired) electrons. The van der Waals surface area contributed by atoms with Crippen molar-refractivity contribution >= 4 is 5.82 Å². The van der Waals surface area contributed by atoms with Gasteiger partial charge in [0.15, 0.2) is 0 Å².